The second kappa shape index (κ2) is 11.9. The van der Waals surface area contributed by atoms with Gasteiger partial charge in [0.15, 0.2) is 0 Å². The molecule has 0 radical (unpaired) electrons. The highest BCUT2D eigenvalue weighted by Gasteiger charge is 2.22. The molecule has 0 amide bonds. The number of benzene rings is 8. The third kappa shape index (κ3) is 4.60. The molecule has 8 aromatic carbocycles. The van der Waals surface area contributed by atoms with Crippen LogP contribution in [-0.2, 0) is 0 Å². The van der Waals surface area contributed by atoms with Gasteiger partial charge in [-0.1, -0.05) is 140 Å². The Kier molecular flexibility index (Phi) is 6.72. The maximum atomic E-state index is 2.59. The molecular weight excluding hydrogens is 689 g/mol. The molecule has 0 N–H and O–H groups in total. The molecule has 0 saturated heterocycles. The van der Waals surface area contributed by atoms with E-state index >= 15 is 0 Å². The van der Waals surface area contributed by atoms with Crippen molar-refractivity contribution < 1.29 is 0 Å². The zero-order valence-electron chi connectivity index (χ0n) is 29.6. The first-order chi connectivity index (χ1) is 26.7. The van der Waals surface area contributed by atoms with E-state index in [9.17, 15) is 0 Å². The number of rotatable bonds is 3. The van der Waals surface area contributed by atoms with Crippen LogP contribution in [0.25, 0.3) is 102 Å². The summed E-state index contributed by atoms with van der Waals surface area (Å²) in [6.45, 7) is 0. The maximum absolute atomic E-state index is 2.59. The summed E-state index contributed by atoms with van der Waals surface area (Å²) in [5.41, 5.74) is 6.92. The quantitative estimate of drug-likeness (QED) is 0.159. The molecule has 54 heavy (non-hydrogen) atoms. The van der Waals surface area contributed by atoms with Crippen molar-refractivity contribution in [2.45, 2.75) is 19.3 Å². The highest BCUT2D eigenvalue weighted by Crippen LogP contribution is 2.45. The first-order valence-electron chi connectivity index (χ1n) is 19.1. The minimum atomic E-state index is 0.360. The van der Waals surface area contributed by atoms with Crippen molar-refractivity contribution in [2.24, 2.45) is 5.92 Å². The Balaban J connectivity index is 0.995. The molecule has 10 aromatic rings. The molecule has 2 heterocycles. The number of fused-ring (bicyclic) bond motifs is 11. The number of thiophene rings is 2. The van der Waals surface area contributed by atoms with Gasteiger partial charge in [0.25, 0.3) is 0 Å². The number of allylic oxidation sites excluding steroid dienone is 4. The molecule has 1 unspecified atom stereocenters. The maximum Gasteiger partial charge on any atom is 0.0433 e. The average molecular weight is 723 g/mol. The van der Waals surface area contributed by atoms with Gasteiger partial charge in [-0.05, 0) is 114 Å². The van der Waals surface area contributed by atoms with Gasteiger partial charge >= 0.3 is 0 Å². The van der Waals surface area contributed by atoms with E-state index in [-0.39, 0.29) is 0 Å². The van der Waals surface area contributed by atoms with Crippen molar-refractivity contribution >= 4 is 114 Å². The molecule has 0 bridgehead atoms. The van der Waals surface area contributed by atoms with Crippen LogP contribution in [0, 0.1) is 5.92 Å². The van der Waals surface area contributed by atoms with E-state index in [2.05, 4.69) is 164 Å². The van der Waals surface area contributed by atoms with E-state index in [4.69, 9.17) is 0 Å². The molecule has 1 atom stereocenters. The fraction of sp³-hybridized carbons (Fsp3) is 0.0769. The minimum absolute atomic E-state index is 0.360. The van der Waals surface area contributed by atoms with Crippen molar-refractivity contribution in [2.75, 3.05) is 0 Å². The molecule has 0 saturated carbocycles. The fourth-order valence-electron chi connectivity index (χ4n) is 9.51. The van der Waals surface area contributed by atoms with Crippen LogP contribution in [0.4, 0.5) is 0 Å². The van der Waals surface area contributed by atoms with E-state index in [1.807, 2.05) is 22.7 Å². The van der Waals surface area contributed by atoms with Crippen LogP contribution >= 0.6 is 22.7 Å². The van der Waals surface area contributed by atoms with E-state index in [1.165, 1.54) is 111 Å². The van der Waals surface area contributed by atoms with Crippen LogP contribution in [0.2, 0.25) is 0 Å². The predicted octanol–water partition coefficient (Wildman–Crippen LogP) is 13.9. The molecule has 0 aliphatic heterocycles. The molecule has 2 heteroatoms. The second-order valence-electron chi connectivity index (χ2n) is 15.0. The molecule has 0 fully saturated rings. The Hall–Kier alpha value is -5.80. The molecule has 2 aromatic heterocycles. The van der Waals surface area contributed by atoms with Gasteiger partial charge in [-0.15, -0.1) is 22.7 Å². The van der Waals surface area contributed by atoms with Gasteiger partial charge < -0.3 is 0 Å². The largest absolute Gasteiger partial charge is 0.135 e. The summed E-state index contributed by atoms with van der Waals surface area (Å²) < 4.78 is 5.58. The van der Waals surface area contributed by atoms with Crippen molar-refractivity contribution in [3.8, 4) is 11.1 Å². The molecular formula is C52H34S2. The van der Waals surface area contributed by atoms with Crippen LogP contribution in [-0.4, -0.2) is 0 Å². The lowest BCUT2D eigenvalue weighted by molar-refractivity contribution is 0.835. The van der Waals surface area contributed by atoms with Gasteiger partial charge in [0.05, 0.1) is 0 Å². The Morgan fingerprint density at radius 2 is 1.19 bits per heavy atom. The number of hydrogen-bond acceptors (Lipinski definition) is 2. The topological polar surface area (TPSA) is 0 Å². The van der Waals surface area contributed by atoms with Crippen LogP contribution in [0.15, 0.2) is 157 Å². The van der Waals surface area contributed by atoms with E-state index in [0.717, 1.165) is 19.3 Å². The first kappa shape index (κ1) is 30.6. The summed E-state index contributed by atoms with van der Waals surface area (Å²) >= 11 is 3.88. The third-order valence-electron chi connectivity index (χ3n) is 12.0. The molecule has 2 aliphatic rings. The van der Waals surface area contributed by atoms with Gasteiger partial charge in [0.1, 0.15) is 0 Å². The Morgan fingerprint density at radius 1 is 0.481 bits per heavy atom. The lowest BCUT2D eigenvalue weighted by Crippen LogP contribution is -2.25. The van der Waals surface area contributed by atoms with Gasteiger partial charge in [-0.2, -0.15) is 0 Å². The van der Waals surface area contributed by atoms with Crippen LogP contribution in [0.1, 0.15) is 24.8 Å². The summed E-state index contributed by atoms with van der Waals surface area (Å²) in [6.07, 6.45) is 13.3. The molecule has 0 spiro atoms. The van der Waals surface area contributed by atoms with Crippen LogP contribution in [0.5, 0.6) is 0 Å². The molecule has 12 rings (SSSR count). The third-order valence-corrected chi connectivity index (χ3v) is 14.4. The van der Waals surface area contributed by atoms with E-state index in [0.29, 0.717) is 5.92 Å². The zero-order valence-corrected chi connectivity index (χ0v) is 31.2. The monoisotopic (exact) mass is 722 g/mol. The predicted molar refractivity (Wildman–Crippen MR) is 238 cm³/mol. The fourth-order valence-corrected chi connectivity index (χ4v) is 11.9. The van der Waals surface area contributed by atoms with Crippen molar-refractivity contribution in [3.63, 3.8) is 0 Å². The summed E-state index contributed by atoms with van der Waals surface area (Å²) in [5.74, 6) is 0.360. The SMILES string of the molecule is C1=C(c2c3ccccc3c(-c3ccc4ccccc4c3)c3ccccc23)CCC=C1C1C=c2c(sc3c2ccc2cc4sc5ccccc5c4cc23)=CC1. The summed E-state index contributed by atoms with van der Waals surface area (Å²) in [4.78, 5) is 0. The Morgan fingerprint density at radius 3 is 2.00 bits per heavy atom. The van der Waals surface area contributed by atoms with E-state index in [1.54, 1.807) is 0 Å². The number of hydrogen-bond donors (Lipinski definition) is 0. The molecule has 254 valence electrons. The summed E-state index contributed by atoms with van der Waals surface area (Å²) in [5, 5.41) is 16.2. The van der Waals surface area contributed by atoms with Gasteiger partial charge in [-0.25, -0.2) is 0 Å². The molecule has 0 nitrogen and oxygen atoms in total. The van der Waals surface area contributed by atoms with Gasteiger partial charge in [-0.3, -0.25) is 0 Å². The highest BCUT2D eigenvalue weighted by atomic mass is 32.1. The normalized spacial score (nSPS) is 15.9. The lowest BCUT2D eigenvalue weighted by atomic mass is 9.80. The van der Waals surface area contributed by atoms with Crippen LogP contribution < -0.4 is 9.75 Å². The standard InChI is InChI=1S/C52H34S2/c1-2-11-32-26-37(21-20-31(32)10-1)51-41-17-5-3-15-39(41)50(40-16-4-6-18-42(40)51)36-13-9-12-33(27-36)34-23-25-48-45(28-34)43-24-22-35-29-49-46(30-44(35)52(43)54-48)38-14-7-8-19-47(38)53-49/h1-8,10-12,14-22,24-30,34H,9,13,23H2. The van der Waals surface area contributed by atoms with Crippen LogP contribution in [0.3, 0.4) is 0 Å². The Labute approximate surface area is 320 Å². The minimum Gasteiger partial charge on any atom is -0.135 e. The summed E-state index contributed by atoms with van der Waals surface area (Å²) in [6, 6.07) is 52.3. The van der Waals surface area contributed by atoms with Crippen molar-refractivity contribution in [3.05, 3.63) is 173 Å². The Bertz CT molecular complexity index is 3360. The smallest absolute Gasteiger partial charge is 0.0433 e. The average Bonchev–Trinajstić information content (AvgIpc) is 3.79. The van der Waals surface area contributed by atoms with Gasteiger partial charge in [0, 0.05) is 46.1 Å². The van der Waals surface area contributed by atoms with Crippen molar-refractivity contribution in [1.82, 2.24) is 0 Å². The van der Waals surface area contributed by atoms with Crippen molar-refractivity contribution in [1.29, 1.82) is 0 Å². The highest BCUT2D eigenvalue weighted by molar-refractivity contribution is 7.26. The van der Waals surface area contributed by atoms with Gasteiger partial charge in [0.2, 0.25) is 0 Å². The lowest BCUT2D eigenvalue weighted by Gasteiger charge is -2.24. The van der Waals surface area contributed by atoms with E-state index < -0.39 is 0 Å². The molecule has 2 aliphatic carbocycles. The zero-order chi connectivity index (χ0) is 35.3. The second-order valence-corrected chi connectivity index (χ2v) is 17.2. The first-order valence-corrected chi connectivity index (χ1v) is 20.7. The summed E-state index contributed by atoms with van der Waals surface area (Å²) in [7, 11) is 0.